The molecular weight excluding hydrogens is 256 g/mol. The molecule has 0 aliphatic carbocycles. The molecule has 1 aromatic carbocycles. The third-order valence-corrected chi connectivity index (χ3v) is 3.44. The van der Waals surface area contributed by atoms with Gasteiger partial charge in [-0.3, -0.25) is 4.79 Å². The van der Waals surface area contributed by atoms with E-state index in [2.05, 4.69) is 17.2 Å². The lowest BCUT2D eigenvalue weighted by Crippen LogP contribution is -2.07. The van der Waals surface area contributed by atoms with E-state index in [4.69, 9.17) is 0 Å². The first-order valence-electron chi connectivity index (χ1n) is 6.17. The fourth-order valence-electron chi connectivity index (χ4n) is 1.67. The molecular formula is C15H16N2OS. The van der Waals surface area contributed by atoms with Crippen molar-refractivity contribution >= 4 is 29.0 Å². The number of anilines is 1. The molecule has 0 aliphatic heterocycles. The highest BCUT2D eigenvalue weighted by Crippen LogP contribution is 2.12. The molecule has 0 saturated carbocycles. The van der Waals surface area contributed by atoms with Gasteiger partial charge in [-0.2, -0.15) is 0 Å². The molecule has 98 valence electrons. The summed E-state index contributed by atoms with van der Waals surface area (Å²) in [5.41, 5.74) is 2.85. The minimum Gasteiger partial charge on any atom is -0.323 e. The zero-order chi connectivity index (χ0) is 13.7. The number of hydrogen-bond donors (Lipinski definition) is 1. The first-order chi connectivity index (χ1) is 9.17. The number of carbonyl (C=O) groups is 1. The molecule has 0 radical (unpaired) electrons. The van der Waals surface area contributed by atoms with Gasteiger partial charge >= 0.3 is 0 Å². The van der Waals surface area contributed by atoms with E-state index in [0.717, 1.165) is 22.8 Å². The van der Waals surface area contributed by atoms with Crippen molar-refractivity contribution in [3.63, 3.8) is 0 Å². The van der Waals surface area contributed by atoms with Crippen molar-refractivity contribution in [1.82, 2.24) is 4.98 Å². The maximum atomic E-state index is 11.8. The van der Waals surface area contributed by atoms with Gasteiger partial charge in [-0.15, -0.1) is 11.3 Å². The van der Waals surface area contributed by atoms with E-state index in [0.29, 0.717) is 0 Å². The number of rotatable bonds is 4. The van der Waals surface area contributed by atoms with E-state index in [1.165, 1.54) is 11.6 Å². The Bertz CT molecular complexity index is 602. The highest BCUT2D eigenvalue weighted by atomic mass is 32.1. The summed E-state index contributed by atoms with van der Waals surface area (Å²) in [7, 11) is 0. The maximum Gasteiger partial charge on any atom is 0.248 e. The second-order valence-electron chi connectivity index (χ2n) is 4.17. The van der Waals surface area contributed by atoms with Gasteiger partial charge in [-0.25, -0.2) is 4.98 Å². The normalized spacial score (nSPS) is 10.8. The Morgan fingerprint density at radius 3 is 3.00 bits per heavy atom. The van der Waals surface area contributed by atoms with E-state index >= 15 is 0 Å². The third-order valence-electron chi connectivity index (χ3n) is 2.65. The van der Waals surface area contributed by atoms with Gasteiger partial charge in [0.1, 0.15) is 0 Å². The summed E-state index contributed by atoms with van der Waals surface area (Å²) in [6.45, 7) is 4.03. The second-order valence-corrected chi connectivity index (χ2v) is 5.23. The van der Waals surface area contributed by atoms with E-state index < -0.39 is 0 Å². The number of thiazole rings is 1. The Kier molecular flexibility index (Phi) is 4.47. The van der Waals surface area contributed by atoms with Crippen molar-refractivity contribution < 1.29 is 4.79 Å². The predicted octanol–water partition coefficient (Wildman–Crippen LogP) is 3.67. The van der Waals surface area contributed by atoms with Crippen LogP contribution in [0.1, 0.15) is 23.2 Å². The van der Waals surface area contributed by atoms with Crippen LogP contribution < -0.4 is 5.32 Å². The molecule has 0 saturated heterocycles. The number of carbonyl (C=O) groups excluding carboxylic acids is 1. The zero-order valence-electron chi connectivity index (χ0n) is 11.0. The Hall–Kier alpha value is -1.94. The second kappa shape index (κ2) is 6.29. The summed E-state index contributed by atoms with van der Waals surface area (Å²) in [5, 5.41) is 5.77. The summed E-state index contributed by atoms with van der Waals surface area (Å²) < 4.78 is 0. The molecule has 0 unspecified atom stereocenters. The van der Waals surface area contributed by atoms with Crippen LogP contribution in [0.15, 0.2) is 35.7 Å². The average Bonchev–Trinajstić information content (AvgIpc) is 2.82. The third kappa shape index (κ3) is 4.03. The molecule has 1 aromatic heterocycles. The first-order valence-corrected chi connectivity index (χ1v) is 7.05. The number of aromatic nitrogens is 1. The topological polar surface area (TPSA) is 42.0 Å². The van der Waals surface area contributed by atoms with Crippen molar-refractivity contribution in [2.45, 2.75) is 20.3 Å². The summed E-state index contributed by atoms with van der Waals surface area (Å²) in [5.74, 6) is -0.140. The smallest absolute Gasteiger partial charge is 0.248 e. The Balaban J connectivity index is 1.99. The monoisotopic (exact) mass is 272 g/mol. The molecule has 3 nitrogen and oxygen atoms in total. The summed E-state index contributed by atoms with van der Waals surface area (Å²) >= 11 is 1.57. The number of benzene rings is 1. The number of nitrogens with zero attached hydrogens (tertiary/aromatic N) is 1. The standard InChI is InChI=1S/C15H16N2OS/c1-3-12-5-4-6-13(9-12)17-15(18)8-7-14-10-19-11(2)16-14/h4-10H,3H2,1-2H3,(H,17,18). The molecule has 0 bridgehead atoms. The van der Waals surface area contributed by atoms with Gasteiger partial charge in [0.2, 0.25) is 5.91 Å². The van der Waals surface area contributed by atoms with Crippen molar-refractivity contribution in [2.75, 3.05) is 5.32 Å². The summed E-state index contributed by atoms with van der Waals surface area (Å²) in [6, 6.07) is 7.86. The largest absolute Gasteiger partial charge is 0.323 e. The summed E-state index contributed by atoms with van der Waals surface area (Å²) in [6.07, 6.45) is 4.19. The molecule has 0 fully saturated rings. The minimum absolute atomic E-state index is 0.140. The van der Waals surface area contributed by atoms with Gasteiger partial charge in [0.25, 0.3) is 0 Å². The van der Waals surface area contributed by atoms with Crippen LogP contribution in [0.3, 0.4) is 0 Å². The summed E-state index contributed by atoms with van der Waals surface area (Å²) in [4.78, 5) is 16.0. The van der Waals surface area contributed by atoms with Gasteiger partial charge in [-0.05, 0) is 37.1 Å². The number of amides is 1. The van der Waals surface area contributed by atoms with E-state index in [1.54, 1.807) is 17.4 Å². The van der Waals surface area contributed by atoms with Gasteiger partial charge in [0, 0.05) is 17.1 Å². The van der Waals surface area contributed by atoms with E-state index in [-0.39, 0.29) is 5.91 Å². The van der Waals surface area contributed by atoms with Gasteiger partial charge in [0.05, 0.1) is 10.7 Å². The minimum atomic E-state index is -0.140. The van der Waals surface area contributed by atoms with Gasteiger partial charge < -0.3 is 5.32 Å². The number of aryl methyl sites for hydroxylation is 2. The fourth-order valence-corrected chi connectivity index (χ4v) is 2.25. The predicted molar refractivity (Wildman–Crippen MR) is 80.3 cm³/mol. The lowest BCUT2D eigenvalue weighted by molar-refractivity contribution is -0.111. The Morgan fingerprint density at radius 1 is 1.47 bits per heavy atom. The lowest BCUT2D eigenvalue weighted by atomic mass is 10.1. The quantitative estimate of drug-likeness (QED) is 0.863. The average molecular weight is 272 g/mol. The SMILES string of the molecule is CCc1cccc(NC(=O)C=Cc2csc(C)n2)c1. The maximum absolute atomic E-state index is 11.8. The van der Waals surface area contributed by atoms with Crippen molar-refractivity contribution in [2.24, 2.45) is 0 Å². The van der Waals surface area contributed by atoms with E-state index in [1.807, 2.05) is 36.6 Å². The fraction of sp³-hybridized carbons (Fsp3) is 0.200. The van der Waals surface area contributed by atoms with Crippen molar-refractivity contribution in [3.05, 3.63) is 52.0 Å². The lowest BCUT2D eigenvalue weighted by Gasteiger charge is -2.03. The first kappa shape index (κ1) is 13.5. The highest BCUT2D eigenvalue weighted by molar-refractivity contribution is 7.09. The molecule has 1 N–H and O–H groups in total. The van der Waals surface area contributed by atoms with E-state index in [9.17, 15) is 4.79 Å². The van der Waals surface area contributed by atoms with Crippen LogP contribution >= 0.6 is 11.3 Å². The molecule has 1 amide bonds. The van der Waals surface area contributed by atoms with Gasteiger partial charge in [-0.1, -0.05) is 19.1 Å². The molecule has 2 aromatic rings. The van der Waals surface area contributed by atoms with Crippen molar-refractivity contribution in [1.29, 1.82) is 0 Å². The van der Waals surface area contributed by atoms with Crippen LogP contribution in [0.25, 0.3) is 6.08 Å². The Morgan fingerprint density at radius 2 is 2.32 bits per heavy atom. The molecule has 0 aliphatic rings. The molecule has 0 atom stereocenters. The van der Waals surface area contributed by atoms with Crippen molar-refractivity contribution in [3.8, 4) is 0 Å². The number of hydrogen-bond acceptors (Lipinski definition) is 3. The van der Waals surface area contributed by atoms with Crippen LogP contribution in [0.4, 0.5) is 5.69 Å². The van der Waals surface area contributed by atoms with Gasteiger partial charge in [0.15, 0.2) is 0 Å². The Labute approximate surface area is 117 Å². The van der Waals surface area contributed by atoms with Crippen LogP contribution in [-0.2, 0) is 11.2 Å². The molecule has 2 rings (SSSR count). The van der Waals surface area contributed by atoms with Crippen LogP contribution in [0, 0.1) is 6.92 Å². The highest BCUT2D eigenvalue weighted by Gasteiger charge is 1.99. The van der Waals surface area contributed by atoms with Crippen LogP contribution in [-0.4, -0.2) is 10.9 Å². The van der Waals surface area contributed by atoms with Crippen LogP contribution in [0.5, 0.6) is 0 Å². The molecule has 19 heavy (non-hydrogen) atoms. The molecule has 1 heterocycles. The molecule has 0 spiro atoms. The molecule has 4 heteroatoms. The number of nitrogens with one attached hydrogen (secondary N) is 1. The van der Waals surface area contributed by atoms with Crippen LogP contribution in [0.2, 0.25) is 0 Å². The zero-order valence-corrected chi connectivity index (χ0v) is 11.8.